The average Bonchev–Trinajstić information content (AvgIpc) is 2.60. The van der Waals surface area contributed by atoms with Crippen molar-refractivity contribution in [2.24, 2.45) is 0 Å². The van der Waals surface area contributed by atoms with Crippen molar-refractivity contribution in [2.45, 2.75) is 38.7 Å². The molecule has 0 bridgehead atoms. The minimum absolute atomic E-state index is 0.0561. The van der Waals surface area contributed by atoms with Crippen LogP contribution in [0.1, 0.15) is 42.3 Å². The molecule has 0 atom stereocenters. The topological polar surface area (TPSA) is 67.4 Å². The number of alkyl halides is 6. The van der Waals surface area contributed by atoms with Gasteiger partial charge in [-0.15, -0.1) is 0 Å². The largest absolute Gasteiger partial charge is 0.444 e. The minimum Gasteiger partial charge on any atom is -0.444 e. The molecule has 0 unspecified atom stereocenters. The smallest absolute Gasteiger partial charge is 0.417 e. The third kappa shape index (κ3) is 6.59. The predicted octanol–water partition coefficient (Wildman–Crippen LogP) is 6.46. The number of hydrogen-bond acceptors (Lipinski definition) is 3. The van der Waals surface area contributed by atoms with E-state index in [9.17, 15) is 40.3 Å². The number of rotatable bonds is 3. The SMILES string of the molecule is CC(C)(C)OC(=O)Nc1ccc(F)c(NC(=O)c2ccc(C(F)(F)F)cc2C(F)(F)F)c1. The van der Waals surface area contributed by atoms with Crippen LogP contribution in [0.4, 0.5) is 46.9 Å². The van der Waals surface area contributed by atoms with Crippen LogP contribution in [-0.4, -0.2) is 17.6 Å². The van der Waals surface area contributed by atoms with Crippen molar-refractivity contribution < 1.29 is 45.1 Å². The third-order valence-electron chi connectivity index (χ3n) is 3.76. The highest BCUT2D eigenvalue weighted by Gasteiger charge is 2.39. The third-order valence-corrected chi connectivity index (χ3v) is 3.76. The highest BCUT2D eigenvalue weighted by atomic mass is 19.4. The molecule has 0 radical (unpaired) electrons. The maximum atomic E-state index is 14.1. The first-order valence-electron chi connectivity index (χ1n) is 8.87. The number of carbonyl (C=O) groups excluding carboxylic acids is 2. The number of ether oxygens (including phenoxy) is 1. The van der Waals surface area contributed by atoms with Crippen molar-refractivity contribution in [3.8, 4) is 0 Å². The van der Waals surface area contributed by atoms with Crippen LogP contribution in [0, 0.1) is 5.82 Å². The Morgan fingerprint density at radius 1 is 0.844 bits per heavy atom. The van der Waals surface area contributed by atoms with Gasteiger partial charge in [-0.05, 0) is 57.2 Å². The maximum Gasteiger partial charge on any atom is 0.417 e. The number of carbonyl (C=O) groups is 2. The Morgan fingerprint density at radius 2 is 1.47 bits per heavy atom. The molecule has 0 aliphatic carbocycles. The molecular formula is C20H17F7N2O3. The Kier molecular flexibility index (Phi) is 6.76. The summed E-state index contributed by atoms with van der Waals surface area (Å²) in [6.07, 6.45) is -11.3. The molecule has 0 aliphatic heterocycles. The lowest BCUT2D eigenvalue weighted by Crippen LogP contribution is -2.27. The number of benzene rings is 2. The van der Waals surface area contributed by atoms with Gasteiger partial charge in [0, 0.05) is 5.69 Å². The molecule has 2 aromatic rings. The normalized spacial score (nSPS) is 12.3. The molecule has 0 aliphatic rings. The first-order valence-corrected chi connectivity index (χ1v) is 8.87. The molecule has 2 aromatic carbocycles. The monoisotopic (exact) mass is 466 g/mol. The van der Waals surface area contributed by atoms with Gasteiger partial charge in [-0.25, -0.2) is 9.18 Å². The minimum atomic E-state index is -5.29. The second kappa shape index (κ2) is 8.67. The van der Waals surface area contributed by atoms with E-state index in [0.29, 0.717) is 12.1 Å². The fourth-order valence-corrected chi connectivity index (χ4v) is 2.46. The van der Waals surface area contributed by atoms with Gasteiger partial charge >= 0.3 is 18.4 Å². The molecule has 0 heterocycles. The van der Waals surface area contributed by atoms with Gasteiger partial charge in [-0.2, -0.15) is 26.3 Å². The second-order valence-corrected chi connectivity index (χ2v) is 7.53. The first-order chi connectivity index (χ1) is 14.5. The Balaban J connectivity index is 2.34. The number of nitrogens with one attached hydrogen (secondary N) is 2. The molecule has 2 N–H and O–H groups in total. The van der Waals surface area contributed by atoms with E-state index in [4.69, 9.17) is 4.74 Å². The lowest BCUT2D eigenvalue weighted by atomic mass is 10.0. The summed E-state index contributed by atoms with van der Waals surface area (Å²) in [7, 11) is 0. The molecule has 0 saturated carbocycles. The Morgan fingerprint density at radius 3 is 2.00 bits per heavy atom. The molecular weight excluding hydrogens is 449 g/mol. The van der Waals surface area contributed by atoms with Gasteiger partial charge in [0.05, 0.1) is 22.4 Å². The van der Waals surface area contributed by atoms with Gasteiger partial charge < -0.3 is 10.1 Å². The molecule has 0 spiro atoms. The molecule has 2 amide bonds. The summed E-state index contributed by atoms with van der Waals surface area (Å²) in [6, 6.07) is 3.29. The van der Waals surface area contributed by atoms with Crippen LogP contribution in [-0.2, 0) is 17.1 Å². The molecule has 0 fully saturated rings. The van der Waals surface area contributed by atoms with Crippen molar-refractivity contribution in [1.29, 1.82) is 0 Å². The van der Waals surface area contributed by atoms with E-state index < -0.39 is 58.1 Å². The van der Waals surface area contributed by atoms with E-state index in [1.54, 1.807) is 20.8 Å². The zero-order valence-corrected chi connectivity index (χ0v) is 16.8. The van der Waals surface area contributed by atoms with Gasteiger partial charge in [0.1, 0.15) is 11.4 Å². The average molecular weight is 466 g/mol. The lowest BCUT2D eigenvalue weighted by Gasteiger charge is -2.20. The molecule has 2 rings (SSSR count). The second-order valence-electron chi connectivity index (χ2n) is 7.53. The van der Waals surface area contributed by atoms with Crippen LogP contribution in [0.25, 0.3) is 0 Å². The first kappa shape index (κ1) is 25.0. The number of amides is 2. The Hall–Kier alpha value is -3.31. The number of anilines is 2. The predicted molar refractivity (Wildman–Crippen MR) is 101 cm³/mol. The number of halogens is 7. The van der Waals surface area contributed by atoms with Gasteiger partial charge in [-0.3, -0.25) is 10.1 Å². The Labute approximate surface area is 177 Å². The standard InChI is InChI=1S/C20H17F7N2O3/c1-18(2,3)32-17(31)28-11-5-7-14(21)15(9-11)29-16(30)12-6-4-10(19(22,23)24)8-13(12)20(25,26)27/h4-9H,1-3H3,(H,28,31)(H,29,30). The van der Waals surface area contributed by atoms with Crippen LogP contribution in [0.2, 0.25) is 0 Å². The molecule has 12 heteroatoms. The molecule has 32 heavy (non-hydrogen) atoms. The van der Waals surface area contributed by atoms with Gasteiger partial charge in [0.25, 0.3) is 5.91 Å². The summed E-state index contributed by atoms with van der Waals surface area (Å²) in [5.74, 6) is -2.56. The number of hydrogen-bond donors (Lipinski definition) is 2. The van der Waals surface area contributed by atoms with Gasteiger partial charge in [0.2, 0.25) is 0 Å². The van der Waals surface area contributed by atoms with Crippen LogP contribution < -0.4 is 10.6 Å². The van der Waals surface area contributed by atoms with E-state index in [2.05, 4.69) is 5.32 Å². The quantitative estimate of drug-likeness (QED) is 0.510. The van der Waals surface area contributed by atoms with E-state index in [1.165, 1.54) is 0 Å². The van der Waals surface area contributed by atoms with E-state index in [-0.39, 0.29) is 11.8 Å². The van der Waals surface area contributed by atoms with Gasteiger partial charge in [-0.1, -0.05) is 0 Å². The summed E-state index contributed by atoms with van der Waals surface area (Å²) >= 11 is 0. The highest BCUT2D eigenvalue weighted by Crippen LogP contribution is 2.37. The summed E-state index contributed by atoms with van der Waals surface area (Å²) < 4.78 is 97.2. The molecule has 0 aromatic heterocycles. The van der Waals surface area contributed by atoms with Crippen molar-refractivity contribution in [3.63, 3.8) is 0 Å². The van der Waals surface area contributed by atoms with E-state index in [0.717, 1.165) is 18.2 Å². The summed E-state index contributed by atoms with van der Waals surface area (Å²) in [4.78, 5) is 24.1. The van der Waals surface area contributed by atoms with Gasteiger partial charge in [0.15, 0.2) is 0 Å². The van der Waals surface area contributed by atoms with Crippen LogP contribution in [0.3, 0.4) is 0 Å². The summed E-state index contributed by atoms with van der Waals surface area (Å²) in [5.41, 5.74) is -6.10. The zero-order chi connectivity index (χ0) is 24.5. The van der Waals surface area contributed by atoms with Crippen molar-refractivity contribution >= 4 is 23.4 Å². The maximum absolute atomic E-state index is 14.1. The van der Waals surface area contributed by atoms with Crippen molar-refractivity contribution in [2.75, 3.05) is 10.6 Å². The van der Waals surface area contributed by atoms with E-state index in [1.807, 2.05) is 5.32 Å². The zero-order valence-electron chi connectivity index (χ0n) is 16.8. The lowest BCUT2D eigenvalue weighted by molar-refractivity contribution is -0.143. The van der Waals surface area contributed by atoms with E-state index >= 15 is 0 Å². The van der Waals surface area contributed by atoms with Crippen molar-refractivity contribution in [3.05, 3.63) is 58.9 Å². The highest BCUT2D eigenvalue weighted by molar-refractivity contribution is 6.06. The molecule has 174 valence electrons. The fraction of sp³-hybridized carbons (Fsp3) is 0.300. The Bertz CT molecular complexity index is 1030. The molecule has 0 saturated heterocycles. The molecule has 5 nitrogen and oxygen atoms in total. The fourth-order valence-electron chi connectivity index (χ4n) is 2.46. The van der Waals surface area contributed by atoms with Crippen LogP contribution in [0.5, 0.6) is 0 Å². The van der Waals surface area contributed by atoms with Crippen molar-refractivity contribution in [1.82, 2.24) is 0 Å². The summed E-state index contributed by atoms with van der Waals surface area (Å²) in [5, 5.41) is 4.13. The summed E-state index contributed by atoms with van der Waals surface area (Å²) in [6.45, 7) is 4.77. The van der Waals surface area contributed by atoms with Crippen LogP contribution in [0.15, 0.2) is 36.4 Å². The van der Waals surface area contributed by atoms with Crippen LogP contribution >= 0.6 is 0 Å².